The third-order valence-corrected chi connectivity index (χ3v) is 41.2. The Morgan fingerprint density at radius 1 is 0.836 bits per heavy atom. The molecule has 0 bridgehead atoms. The van der Waals surface area contributed by atoms with E-state index in [9.17, 15) is 9.90 Å². The number of allylic oxidation sites excluding steroid dienone is 1. The minimum atomic E-state index is -2.82. The third kappa shape index (κ3) is 16.4. The van der Waals surface area contributed by atoms with Gasteiger partial charge in [0.1, 0.15) is 0 Å². The van der Waals surface area contributed by atoms with Gasteiger partial charge < -0.3 is 4.43 Å². The van der Waals surface area contributed by atoms with Crippen LogP contribution in [-0.2, 0) is 18.3 Å². The molecule has 1 heterocycles. The normalized spacial score (nSPS) is 18.5. The van der Waals surface area contributed by atoms with Crippen molar-refractivity contribution in [2.75, 3.05) is 0 Å². The van der Waals surface area contributed by atoms with E-state index in [0.29, 0.717) is 40.6 Å². The Bertz CT molecular complexity index is 1440. The first-order valence-corrected chi connectivity index (χ1v) is 37.0. The molecule has 6 nitrogen and oxygen atoms in total. The summed E-state index contributed by atoms with van der Waals surface area (Å²) in [6.45, 7) is 44.0. The summed E-state index contributed by atoms with van der Waals surface area (Å²) in [5.41, 5.74) is 2.48. The van der Waals surface area contributed by atoms with Crippen LogP contribution in [0.25, 0.3) is 0 Å². The van der Waals surface area contributed by atoms with Crippen LogP contribution in [0.1, 0.15) is 171 Å². The van der Waals surface area contributed by atoms with Crippen LogP contribution in [0.4, 0.5) is 0 Å². The van der Waals surface area contributed by atoms with Gasteiger partial charge in [-0.1, -0.05) is 51.1 Å². The first-order valence-electron chi connectivity index (χ1n) is 24.5. The molecule has 2 rings (SSSR count). The molecule has 1 N–H and O–H groups in total. The Hall–Kier alpha value is -1.02. The second-order valence-electron chi connectivity index (χ2n) is 21.0. The van der Waals surface area contributed by atoms with E-state index in [1.54, 1.807) is 12.1 Å². The number of ether oxygens (including phenoxy) is 2. The average Bonchev–Trinajstić information content (AvgIpc) is 4.00. The van der Waals surface area contributed by atoms with Crippen LogP contribution in [0.15, 0.2) is 64.8 Å². The summed E-state index contributed by atoms with van der Waals surface area (Å²) in [7, 11) is -4.38. The Morgan fingerprint density at radius 2 is 1.36 bits per heavy atom. The maximum atomic E-state index is 13.6. The molecule has 0 aromatic heterocycles. The van der Waals surface area contributed by atoms with Crippen LogP contribution in [-0.4, -0.2) is 82.7 Å². The molecule has 0 radical (unpaired) electrons. The topological polar surface area (TPSA) is 77.5 Å². The molecule has 1 fully saturated rings. The summed E-state index contributed by atoms with van der Waals surface area (Å²) in [6, 6.07) is 9.16. The molecular formula is C52H94O6Si2Sn. The fourth-order valence-electron chi connectivity index (χ4n) is 9.63. The van der Waals surface area contributed by atoms with Crippen molar-refractivity contribution in [1.82, 2.24) is 0 Å². The van der Waals surface area contributed by atoms with Gasteiger partial charge in [-0.3, -0.25) is 0 Å². The Balaban J connectivity index is 2.49. The van der Waals surface area contributed by atoms with Gasteiger partial charge in [0.05, 0.1) is 0 Å². The fraction of sp³-hybridized carbons (Fsp3) is 0.750. The van der Waals surface area contributed by atoms with Crippen molar-refractivity contribution in [1.29, 1.82) is 0 Å². The van der Waals surface area contributed by atoms with Gasteiger partial charge in [-0.05, 0) is 43.6 Å². The Labute approximate surface area is 382 Å². The molecule has 0 amide bonds. The second kappa shape index (κ2) is 26.2. The van der Waals surface area contributed by atoms with Crippen molar-refractivity contribution in [3.63, 3.8) is 0 Å². The van der Waals surface area contributed by atoms with Gasteiger partial charge in [-0.2, -0.15) is 0 Å². The minimum Gasteiger partial charge on any atom is -0.0622 e. The molecule has 1 aliphatic heterocycles. The summed E-state index contributed by atoms with van der Waals surface area (Å²) in [5.74, 6) is -0.384. The molecule has 61 heavy (non-hydrogen) atoms. The van der Waals surface area contributed by atoms with Crippen LogP contribution in [0.3, 0.4) is 0 Å². The number of aliphatic hydroxyl groups is 1. The maximum absolute atomic E-state index is 13.6. The van der Waals surface area contributed by atoms with Gasteiger partial charge in [-0.25, -0.2) is 0 Å². The van der Waals surface area contributed by atoms with Crippen molar-refractivity contribution in [2.24, 2.45) is 0 Å². The minimum absolute atomic E-state index is 0.0216. The molecule has 0 unspecified atom stereocenters. The van der Waals surface area contributed by atoms with Gasteiger partial charge in [-0.15, -0.1) is 0 Å². The van der Waals surface area contributed by atoms with E-state index < -0.39 is 47.2 Å². The monoisotopic (exact) mass is 991 g/mol. The van der Waals surface area contributed by atoms with E-state index in [4.69, 9.17) is 24.9 Å². The molecule has 1 aliphatic rings. The zero-order valence-corrected chi connectivity index (χ0v) is 46.9. The van der Waals surface area contributed by atoms with Crippen molar-refractivity contribution in [3.8, 4) is 0 Å². The van der Waals surface area contributed by atoms with Crippen LogP contribution in [0.5, 0.6) is 0 Å². The van der Waals surface area contributed by atoms with Crippen molar-refractivity contribution < 1.29 is 28.2 Å². The fourth-order valence-corrected chi connectivity index (χ4v) is 32.4. The molecule has 350 valence electrons. The number of rotatable bonds is 31. The quantitative estimate of drug-likeness (QED) is 0.0346. The van der Waals surface area contributed by atoms with Gasteiger partial charge in [0.15, 0.2) is 8.32 Å². The SMILES string of the molecule is C=C(C[C@H](O)[C@H]1O[C@H]1[C@@H](C[C](=C)[Sn]([CH2]CCC)([CH2]CCC)[CH2]CCC)O[Si](C(C)C)(C(C)C)C(C)C)[C@@H](CC[C@@H](C/C=C\C)O[Si](C)(C)C(C)(C)C)OC(=O)c1ccccc1. The van der Waals surface area contributed by atoms with Crippen molar-refractivity contribution >= 4 is 41.0 Å². The van der Waals surface area contributed by atoms with Crippen LogP contribution >= 0.6 is 0 Å². The number of carbonyl (C=O) groups is 1. The van der Waals surface area contributed by atoms with E-state index in [1.807, 2.05) is 25.1 Å². The Kier molecular flexibility index (Phi) is 24.1. The predicted molar refractivity (Wildman–Crippen MR) is 269 cm³/mol. The summed E-state index contributed by atoms with van der Waals surface area (Å²) in [4.78, 5) is 13.6. The molecule has 9 heteroatoms. The number of carbonyl (C=O) groups excluding carboxylic acids is 1. The first kappa shape index (κ1) is 56.1. The first-order chi connectivity index (χ1) is 28.6. The van der Waals surface area contributed by atoms with Crippen molar-refractivity contribution in [3.05, 3.63) is 70.4 Å². The van der Waals surface area contributed by atoms with Gasteiger partial charge in [0.2, 0.25) is 0 Å². The molecule has 0 saturated carbocycles. The van der Waals surface area contributed by atoms with Crippen LogP contribution < -0.4 is 0 Å². The van der Waals surface area contributed by atoms with Crippen LogP contribution in [0, 0.1) is 0 Å². The molecule has 0 aliphatic carbocycles. The smallest absolute Gasteiger partial charge is 0.0622 e. The standard InChI is InChI=1S/C40H67O6Si2.3C4H9.Sn/c1-15-17-24-33(45-47(13,14)40(10,11)12)25-26-35(43-39(42)32-22-19-18-20-23-32)31(9)27-34(41)37-38(44-37)36(21-16-2)46-48(28(3)4,29(5)6)30(7)8;3*1-3-4-2;/h15,17-20,22-23,28-30,33-38,41H,2,9,21,24-27H2,1,3-8,10-14H3;3*1,3-4H2,2H3;/b17-15-;;;;/t33-,34+,35-,36-,37-,38+;;;;/m1..../s1. The van der Waals surface area contributed by atoms with E-state index >= 15 is 0 Å². The molecule has 1 saturated heterocycles. The van der Waals surface area contributed by atoms with Gasteiger partial charge in [0.25, 0.3) is 0 Å². The molecule has 6 atom stereocenters. The summed E-state index contributed by atoms with van der Waals surface area (Å²) in [5, 5.41) is 12.1. The summed E-state index contributed by atoms with van der Waals surface area (Å²) in [6.07, 6.45) is 12.8. The number of benzene rings is 1. The zero-order chi connectivity index (χ0) is 46.2. The van der Waals surface area contributed by atoms with Crippen molar-refractivity contribution in [2.45, 2.75) is 245 Å². The third-order valence-electron chi connectivity index (χ3n) is 14.4. The predicted octanol–water partition coefficient (Wildman–Crippen LogP) is 15.3. The second-order valence-corrected chi connectivity index (χ2v) is 44.8. The number of hydrogen-bond donors (Lipinski definition) is 1. The van der Waals surface area contributed by atoms with E-state index in [1.165, 1.54) is 55.4 Å². The van der Waals surface area contributed by atoms with Gasteiger partial charge in [0, 0.05) is 0 Å². The molecule has 1 aromatic rings. The average molecular weight is 990 g/mol. The molecule has 0 spiro atoms. The number of unbranched alkanes of at least 4 members (excludes halogenated alkanes) is 3. The van der Waals surface area contributed by atoms with E-state index in [-0.39, 0.29) is 41.8 Å². The molecular weight excluding hydrogens is 895 g/mol. The summed E-state index contributed by atoms with van der Waals surface area (Å²) >= 11 is -2.82. The van der Waals surface area contributed by atoms with Gasteiger partial charge >= 0.3 is 277 Å². The van der Waals surface area contributed by atoms with E-state index in [2.05, 4.69) is 115 Å². The Morgan fingerprint density at radius 3 is 1.82 bits per heavy atom. The van der Waals surface area contributed by atoms with Crippen LogP contribution in [0.2, 0.25) is 48.1 Å². The molecule has 1 aromatic carbocycles. The zero-order valence-electron chi connectivity index (χ0n) is 42.0. The number of esters is 1. The number of aliphatic hydroxyl groups excluding tert-OH is 1. The van der Waals surface area contributed by atoms with E-state index in [0.717, 1.165) is 12.8 Å². The number of epoxide rings is 1. The summed E-state index contributed by atoms with van der Waals surface area (Å²) < 4.78 is 33.1. The number of hydrogen-bond acceptors (Lipinski definition) is 6.